The molecule has 0 bridgehead atoms. The summed E-state index contributed by atoms with van der Waals surface area (Å²) in [5, 5.41) is 5.59. The van der Waals surface area contributed by atoms with Gasteiger partial charge >= 0.3 is 7.82 Å². The van der Waals surface area contributed by atoms with Crippen molar-refractivity contribution < 1.29 is 24.0 Å². The van der Waals surface area contributed by atoms with Gasteiger partial charge in [-0.15, -0.1) is 0 Å². The summed E-state index contributed by atoms with van der Waals surface area (Å²) in [5.74, 6) is 0.0451. The summed E-state index contributed by atoms with van der Waals surface area (Å²) in [6, 6.07) is 9.46. The topological polar surface area (TPSA) is 136 Å². The van der Waals surface area contributed by atoms with Crippen LogP contribution in [0.25, 0.3) is 0 Å². The first-order valence-corrected chi connectivity index (χ1v) is 7.66. The Morgan fingerprint density at radius 3 is 2.05 bits per heavy atom. The highest BCUT2D eigenvalue weighted by Crippen LogP contribution is 2.25. The molecule has 1 amide bonds. The van der Waals surface area contributed by atoms with Crippen molar-refractivity contribution in [2.24, 2.45) is 10.8 Å². The van der Waals surface area contributed by atoms with Crippen LogP contribution in [0.3, 0.4) is 0 Å². The van der Waals surface area contributed by atoms with E-state index in [-0.39, 0.29) is 5.91 Å². The van der Waals surface area contributed by atoms with E-state index in [1.165, 1.54) is 5.01 Å². The summed E-state index contributed by atoms with van der Waals surface area (Å²) in [7, 11) is -4.64. The van der Waals surface area contributed by atoms with Crippen LogP contribution >= 0.6 is 7.82 Å². The number of carbonyl (C=O) groups excluding carboxylic acids is 1. The maximum absolute atomic E-state index is 11.4. The largest absolute Gasteiger partial charge is 0.466 e. The van der Waals surface area contributed by atoms with Gasteiger partial charge in [-0.3, -0.25) is 4.79 Å². The molecule has 9 heteroatoms. The third-order valence-corrected chi connectivity index (χ3v) is 1.91. The second-order valence-electron chi connectivity index (χ2n) is 3.97. The van der Waals surface area contributed by atoms with E-state index < -0.39 is 7.82 Å². The van der Waals surface area contributed by atoms with E-state index in [0.29, 0.717) is 6.42 Å². The summed E-state index contributed by atoms with van der Waals surface area (Å²) in [5.41, 5.74) is 6.55. The lowest BCUT2D eigenvalue weighted by Gasteiger charge is -2.10. The van der Waals surface area contributed by atoms with E-state index in [4.69, 9.17) is 25.0 Å². The van der Waals surface area contributed by atoms with Crippen LogP contribution in [0.1, 0.15) is 20.3 Å². The number of anilines is 1. The lowest BCUT2D eigenvalue weighted by Crippen LogP contribution is -2.19. The van der Waals surface area contributed by atoms with E-state index >= 15 is 0 Å². The van der Waals surface area contributed by atoms with E-state index in [1.807, 2.05) is 44.2 Å². The summed E-state index contributed by atoms with van der Waals surface area (Å²) in [6.07, 6.45) is 0.439. The molecule has 0 spiro atoms. The molecule has 2 rings (SSSR count). The Morgan fingerprint density at radius 1 is 1.29 bits per heavy atom. The molecule has 1 heterocycles. The second kappa shape index (κ2) is 9.38. The third-order valence-electron chi connectivity index (χ3n) is 1.91. The van der Waals surface area contributed by atoms with Crippen LogP contribution in [0, 0.1) is 0 Å². The number of para-hydroxylation sites is 1. The standard InChI is InChI=1S/C10H10N2O.C2H7N.H3O4P/c1-8-7-10(13)12(11-8)9-5-3-2-4-6-9;1-2-3;1-5(2,3)4/h2-6H,7H2,1H3;2-3H2,1H3;(H3,1,2,3,4). The highest BCUT2D eigenvalue weighted by Gasteiger charge is 2.21. The van der Waals surface area contributed by atoms with Gasteiger partial charge in [0.15, 0.2) is 0 Å². The molecule has 0 unspecified atom stereocenters. The summed E-state index contributed by atoms with van der Waals surface area (Å²) in [4.78, 5) is 33.0. The Bertz CT molecular complexity index is 507. The molecule has 1 aromatic carbocycles. The second-order valence-corrected chi connectivity index (χ2v) is 5.00. The number of carbonyl (C=O) groups is 1. The van der Waals surface area contributed by atoms with Crippen molar-refractivity contribution in [2.45, 2.75) is 20.3 Å². The molecule has 0 atom stereocenters. The number of amides is 1. The Hall–Kier alpha value is -1.57. The van der Waals surface area contributed by atoms with Crippen molar-refractivity contribution in [1.29, 1.82) is 0 Å². The number of hydrazone groups is 1. The molecule has 1 aliphatic heterocycles. The maximum atomic E-state index is 11.4. The molecule has 0 saturated carbocycles. The van der Waals surface area contributed by atoms with Gasteiger partial charge in [0.2, 0.25) is 0 Å². The van der Waals surface area contributed by atoms with Crippen molar-refractivity contribution in [3.63, 3.8) is 0 Å². The van der Waals surface area contributed by atoms with E-state index in [1.54, 1.807) is 0 Å². The lowest BCUT2D eigenvalue weighted by atomic mass is 10.3. The van der Waals surface area contributed by atoms with Gasteiger partial charge in [0.1, 0.15) is 0 Å². The van der Waals surface area contributed by atoms with Crippen molar-refractivity contribution in [3.05, 3.63) is 30.3 Å². The molecule has 1 aromatic rings. The van der Waals surface area contributed by atoms with E-state index in [0.717, 1.165) is 17.9 Å². The highest BCUT2D eigenvalue weighted by molar-refractivity contribution is 7.45. The molecule has 1 aliphatic rings. The molecule has 5 N–H and O–H groups in total. The molecule has 0 fully saturated rings. The SMILES string of the molecule is CC1=NN(c2ccccc2)C(=O)C1.CCN.O=P(O)(O)O. The Balaban J connectivity index is 0.000000422. The van der Waals surface area contributed by atoms with Crippen LogP contribution in [-0.2, 0) is 9.36 Å². The molecular formula is C12H20N3O5P. The Labute approximate surface area is 123 Å². The number of nitrogens with two attached hydrogens (primary N) is 1. The van der Waals surface area contributed by atoms with Crippen LogP contribution in [0.2, 0.25) is 0 Å². The van der Waals surface area contributed by atoms with Crippen molar-refractivity contribution in [3.8, 4) is 0 Å². The molecule has 0 saturated heterocycles. The zero-order valence-corrected chi connectivity index (χ0v) is 12.8. The van der Waals surface area contributed by atoms with Crippen LogP contribution in [-0.4, -0.2) is 32.8 Å². The van der Waals surface area contributed by atoms with Crippen LogP contribution in [0.15, 0.2) is 35.4 Å². The molecule has 0 aliphatic carbocycles. The predicted octanol–water partition coefficient (Wildman–Crippen LogP) is 0.836. The maximum Gasteiger partial charge on any atom is 0.466 e. The minimum absolute atomic E-state index is 0.0451. The number of hydrogen-bond acceptors (Lipinski definition) is 4. The van der Waals surface area contributed by atoms with Crippen LogP contribution in [0.4, 0.5) is 5.69 Å². The van der Waals surface area contributed by atoms with Gasteiger partial charge < -0.3 is 20.4 Å². The number of rotatable bonds is 1. The van der Waals surface area contributed by atoms with Crippen molar-refractivity contribution in [1.82, 2.24) is 0 Å². The summed E-state index contributed by atoms with van der Waals surface area (Å²) in [6.45, 7) is 4.51. The number of phosphoric acid groups is 1. The first-order chi connectivity index (χ1) is 9.69. The van der Waals surface area contributed by atoms with Gasteiger partial charge in [0.25, 0.3) is 5.91 Å². The fraction of sp³-hybridized carbons (Fsp3) is 0.333. The monoisotopic (exact) mass is 317 g/mol. The number of hydrogen-bond donors (Lipinski definition) is 4. The minimum atomic E-state index is -4.64. The van der Waals surface area contributed by atoms with Gasteiger partial charge in [-0.05, 0) is 25.6 Å². The fourth-order valence-corrected chi connectivity index (χ4v) is 1.33. The Kier molecular flexibility index (Phi) is 8.68. The molecular weight excluding hydrogens is 297 g/mol. The molecule has 8 nitrogen and oxygen atoms in total. The van der Waals surface area contributed by atoms with Crippen LogP contribution < -0.4 is 10.7 Å². The van der Waals surface area contributed by atoms with Gasteiger partial charge in [-0.2, -0.15) is 5.10 Å². The van der Waals surface area contributed by atoms with Gasteiger partial charge in [-0.1, -0.05) is 25.1 Å². The first kappa shape index (κ1) is 19.4. The molecule has 118 valence electrons. The summed E-state index contributed by atoms with van der Waals surface area (Å²) < 4.78 is 8.88. The molecule has 0 aromatic heterocycles. The molecule has 0 radical (unpaired) electrons. The van der Waals surface area contributed by atoms with Crippen molar-refractivity contribution in [2.75, 3.05) is 11.6 Å². The smallest absolute Gasteiger partial charge is 0.331 e. The average molecular weight is 317 g/mol. The zero-order chi connectivity index (χ0) is 16.5. The Morgan fingerprint density at radius 2 is 1.71 bits per heavy atom. The first-order valence-electron chi connectivity index (χ1n) is 6.09. The van der Waals surface area contributed by atoms with Gasteiger partial charge in [-0.25, -0.2) is 9.57 Å². The highest BCUT2D eigenvalue weighted by atomic mass is 31.2. The van der Waals surface area contributed by atoms with Crippen LogP contribution in [0.5, 0.6) is 0 Å². The lowest BCUT2D eigenvalue weighted by molar-refractivity contribution is -0.116. The third kappa shape index (κ3) is 9.89. The fourth-order valence-electron chi connectivity index (χ4n) is 1.33. The number of nitrogens with zero attached hydrogens (tertiary/aromatic N) is 2. The summed E-state index contributed by atoms with van der Waals surface area (Å²) >= 11 is 0. The quantitative estimate of drug-likeness (QED) is 0.566. The molecule has 21 heavy (non-hydrogen) atoms. The van der Waals surface area contributed by atoms with E-state index in [2.05, 4.69) is 5.10 Å². The minimum Gasteiger partial charge on any atom is -0.331 e. The zero-order valence-electron chi connectivity index (χ0n) is 11.9. The van der Waals surface area contributed by atoms with Crippen molar-refractivity contribution >= 4 is 25.1 Å². The average Bonchev–Trinajstić information content (AvgIpc) is 2.68. The predicted molar refractivity (Wildman–Crippen MR) is 80.6 cm³/mol. The van der Waals surface area contributed by atoms with Gasteiger partial charge in [0, 0.05) is 5.71 Å². The van der Waals surface area contributed by atoms with Gasteiger partial charge in [0.05, 0.1) is 12.1 Å². The van der Waals surface area contributed by atoms with E-state index in [9.17, 15) is 4.79 Å². The number of benzene rings is 1. The normalized spacial score (nSPS) is 13.7.